The molecule has 0 spiro atoms. The summed E-state index contributed by atoms with van der Waals surface area (Å²) in [5.74, 6) is -1.66. The predicted octanol–water partition coefficient (Wildman–Crippen LogP) is 2.91. The van der Waals surface area contributed by atoms with Crippen LogP contribution in [0, 0.1) is 5.41 Å². The van der Waals surface area contributed by atoms with Gasteiger partial charge in [-0.05, 0) is 49.9 Å². The Labute approximate surface area is 127 Å². The highest BCUT2D eigenvalue weighted by molar-refractivity contribution is 6.33. The van der Waals surface area contributed by atoms with E-state index in [2.05, 4.69) is 5.32 Å². The van der Waals surface area contributed by atoms with Gasteiger partial charge in [0.05, 0.1) is 0 Å². The van der Waals surface area contributed by atoms with E-state index >= 15 is 0 Å². The topological polar surface area (TPSA) is 66.4 Å². The summed E-state index contributed by atoms with van der Waals surface area (Å²) >= 11 is 11.9. The van der Waals surface area contributed by atoms with Crippen molar-refractivity contribution < 1.29 is 14.7 Å². The van der Waals surface area contributed by atoms with Gasteiger partial charge in [-0.1, -0.05) is 23.2 Å². The second-order valence-electron chi connectivity index (χ2n) is 5.30. The molecule has 0 aromatic heterocycles. The molecule has 0 radical (unpaired) electrons. The minimum Gasteiger partial charge on any atom is -0.480 e. The first-order chi connectivity index (χ1) is 9.33. The van der Waals surface area contributed by atoms with Crippen LogP contribution in [0.1, 0.15) is 25.3 Å². The molecule has 1 aromatic carbocycles. The normalized spacial score (nSPS) is 17.4. The molecule has 1 aromatic rings. The summed E-state index contributed by atoms with van der Waals surface area (Å²) in [7, 11) is 0. The molecule has 1 fully saturated rings. The molecule has 20 heavy (non-hydrogen) atoms. The fourth-order valence-electron chi connectivity index (χ4n) is 1.89. The molecule has 108 valence electrons. The van der Waals surface area contributed by atoms with Crippen LogP contribution in [0.15, 0.2) is 18.2 Å². The van der Waals surface area contributed by atoms with Crippen LogP contribution in [0.3, 0.4) is 0 Å². The van der Waals surface area contributed by atoms with Crippen LogP contribution in [0.4, 0.5) is 0 Å². The molecule has 1 aliphatic carbocycles. The summed E-state index contributed by atoms with van der Waals surface area (Å²) in [6, 6.07) is 4.92. The lowest BCUT2D eigenvalue weighted by Gasteiger charge is -2.24. The lowest BCUT2D eigenvalue weighted by atomic mass is 9.82. The van der Waals surface area contributed by atoms with E-state index in [9.17, 15) is 14.7 Å². The van der Waals surface area contributed by atoms with Gasteiger partial charge in [-0.2, -0.15) is 0 Å². The van der Waals surface area contributed by atoms with Crippen molar-refractivity contribution in [2.75, 3.05) is 0 Å². The number of carbonyl (C=O) groups is 2. The van der Waals surface area contributed by atoms with E-state index in [1.165, 1.54) is 6.92 Å². The van der Waals surface area contributed by atoms with Gasteiger partial charge in [0.2, 0.25) is 5.91 Å². The molecule has 0 heterocycles. The Morgan fingerprint density at radius 2 is 2.05 bits per heavy atom. The van der Waals surface area contributed by atoms with Gasteiger partial charge in [0.1, 0.15) is 5.41 Å². The second-order valence-corrected chi connectivity index (χ2v) is 6.14. The number of halogens is 2. The summed E-state index contributed by atoms with van der Waals surface area (Å²) < 4.78 is 0. The molecular formula is C14H15Cl2NO3. The number of nitrogens with one attached hydrogen (secondary N) is 1. The number of rotatable bonds is 5. The van der Waals surface area contributed by atoms with Gasteiger partial charge in [-0.15, -0.1) is 0 Å². The third-order valence-electron chi connectivity index (χ3n) is 3.44. The van der Waals surface area contributed by atoms with E-state index in [0.29, 0.717) is 15.6 Å². The summed E-state index contributed by atoms with van der Waals surface area (Å²) in [4.78, 5) is 23.7. The van der Waals surface area contributed by atoms with Gasteiger partial charge in [0.25, 0.3) is 0 Å². The molecule has 4 nitrogen and oxygen atoms in total. The number of carboxylic acids is 1. The number of carbonyl (C=O) groups excluding carboxylic acids is 1. The van der Waals surface area contributed by atoms with Crippen molar-refractivity contribution in [1.82, 2.24) is 5.32 Å². The SMILES string of the molecule is CC(Cc1cc(Cl)ccc1Cl)(C(=O)O)C(=O)NC1CC1. The predicted molar refractivity (Wildman–Crippen MR) is 77.1 cm³/mol. The standard InChI is InChI=1S/C14H15Cl2NO3/c1-14(13(19)20,12(18)17-10-3-4-10)7-8-6-9(15)2-5-11(8)16/h2,5-6,10H,3-4,7H2,1H3,(H,17,18)(H,19,20). The molecule has 1 unspecified atom stereocenters. The Bertz CT molecular complexity index is 557. The van der Waals surface area contributed by atoms with Crippen molar-refractivity contribution in [3.8, 4) is 0 Å². The average molecular weight is 316 g/mol. The quantitative estimate of drug-likeness (QED) is 0.821. The Hall–Kier alpha value is -1.26. The Morgan fingerprint density at radius 1 is 1.40 bits per heavy atom. The highest BCUT2D eigenvalue weighted by Crippen LogP contribution is 2.31. The van der Waals surface area contributed by atoms with E-state index in [0.717, 1.165) is 12.8 Å². The molecule has 1 amide bonds. The molecule has 1 aliphatic rings. The summed E-state index contributed by atoms with van der Waals surface area (Å²) in [6.45, 7) is 1.41. The maximum atomic E-state index is 12.2. The van der Waals surface area contributed by atoms with Gasteiger partial charge in [0.15, 0.2) is 0 Å². The van der Waals surface area contributed by atoms with Crippen LogP contribution in [-0.4, -0.2) is 23.0 Å². The Morgan fingerprint density at radius 3 is 2.60 bits per heavy atom. The first-order valence-corrected chi connectivity index (χ1v) is 7.07. The fourth-order valence-corrected chi connectivity index (χ4v) is 2.26. The van der Waals surface area contributed by atoms with E-state index in [4.69, 9.17) is 23.2 Å². The molecule has 2 N–H and O–H groups in total. The number of amides is 1. The first kappa shape index (κ1) is 15.1. The highest BCUT2D eigenvalue weighted by atomic mass is 35.5. The maximum Gasteiger partial charge on any atom is 0.319 e. The van der Waals surface area contributed by atoms with Crippen molar-refractivity contribution in [2.45, 2.75) is 32.2 Å². The second kappa shape index (κ2) is 5.62. The van der Waals surface area contributed by atoms with Gasteiger partial charge in [-0.25, -0.2) is 0 Å². The number of hydrogen-bond acceptors (Lipinski definition) is 2. The van der Waals surface area contributed by atoms with E-state index < -0.39 is 17.3 Å². The lowest BCUT2D eigenvalue weighted by Crippen LogP contribution is -2.46. The number of hydrogen-bond donors (Lipinski definition) is 2. The van der Waals surface area contributed by atoms with Crippen LogP contribution < -0.4 is 5.32 Å². The van der Waals surface area contributed by atoms with Crippen LogP contribution in [0.25, 0.3) is 0 Å². The van der Waals surface area contributed by atoms with Crippen LogP contribution in [-0.2, 0) is 16.0 Å². The summed E-state index contributed by atoms with van der Waals surface area (Å²) in [5.41, 5.74) is -1.01. The molecule has 2 rings (SSSR count). The largest absolute Gasteiger partial charge is 0.480 e. The van der Waals surface area contributed by atoms with E-state index in [-0.39, 0.29) is 12.5 Å². The van der Waals surface area contributed by atoms with Gasteiger partial charge < -0.3 is 10.4 Å². The van der Waals surface area contributed by atoms with Gasteiger partial charge in [0, 0.05) is 16.1 Å². The lowest BCUT2D eigenvalue weighted by molar-refractivity contribution is -0.154. The third-order valence-corrected chi connectivity index (χ3v) is 4.04. The summed E-state index contributed by atoms with van der Waals surface area (Å²) in [5, 5.41) is 13.0. The molecule has 0 saturated heterocycles. The van der Waals surface area contributed by atoms with Crippen molar-refractivity contribution >= 4 is 35.1 Å². The van der Waals surface area contributed by atoms with E-state index in [1.807, 2.05) is 0 Å². The highest BCUT2D eigenvalue weighted by Gasteiger charge is 2.43. The Balaban J connectivity index is 2.25. The molecule has 1 saturated carbocycles. The van der Waals surface area contributed by atoms with E-state index in [1.54, 1.807) is 18.2 Å². The maximum absolute atomic E-state index is 12.2. The first-order valence-electron chi connectivity index (χ1n) is 6.31. The zero-order chi connectivity index (χ0) is 14.9. The minimum atomic E-state index is -1.56. The minimum absolute atomic E-state index is 0.000278. The number of benzene rings is 1. The Kier molecular flexibility index (Phi) is 4.25. The molecule has 0 bridgehead atoms. The molecule has 6 heteroatoms. The van der Waals surface area contributed by atoms with Crippen molar-refractivity contribution in [3.63, 3.8) is 0 Å². The average Bonchev–Trinajstić information content (AvgIpc) is 3.17. The molecular weight excluding hydrogens is 301 g/mol. The monoisotopic (exact) mass is 315 g/mol. The number of aliphatic carboxylic acids is 1. The van der Waals surface area contributed by atoms with Crippen molar-refractivity contribution in [2.24, 2.45) is 5.41 Å². The van der Waals surface area contributed by atoms with Crippen LogP contribution in [0.5, 0.6) is 0 Å². The number of carboxylic acid groups (broad SMARTS) is 1. The van der Waals surface area contributed by atoms with Crippen molar-refractivity contribution in [1.29, 1.82) is 0 Å². The zero-order valence-corrected chi connectivity index (χ0v) is 12.5. The van der Waals surface area contributed by atoms with Crippen LogP contribution in [0.2, 0.25) is 10.0 Å². The molecule has 0 aliphatic heterocycles. The summed E-state index contributed by atoms with van der Waals surface area (Å²) in [6.07, 6.45) is 1.80. The van der Waals surface area contributed by atoms with Crippen LogP contribution >= 0.6 is 23.2 Å². The third kappa shape index (κ3) is 3.25. The van der Waals surface area contributed by atoms with Gasteiger partial charge in [-0.3, -0.25) is 9.59 Å². The fraction of sp³-hybridized carbons (Fsp3) is 0.429. The van der Waals surface area contributed by atoms with Crippen molar-refractivity contribution in [3.05, 3.63) is 33.8 Å². The smallest absolute Gasteiger partial charge is 0.319 e. The van der Waals surface area contributed by atoms with Gasteiger partial charge >= 0.3 is 5.97 Å². The zero-order valence-electron chi connectivity index (χ0n) is 11.0. The molecule has 1 atom stereocenters.